The lowest BCUT2D eigenvalue weighted by molar-refractivity contribution is 0.299. The first-order valence-electron chi connectivity index (χ1n) is 5.20. The van der Waals surface area contributed by atoms with Gasteiger partial charge in [0.15, 0.2) is 0 Å². The number of nitrogens with one attached hydrogen (secondary N) is 1. The Bertz CT molecular complexity index is 221. The van der Waals surface area contributed by atoms with Gasteiger partial charge in [-0.3, -0.25) is 0 Å². The molecule has 1 rings (SSSR count). The molecule has 1 aliphatic carbocycles. The van der Waals surface area contributed by atoms with Crippen molar-refractivity contribution in [2.24, 2.45) is 16.8 Å². The van der Waals surface area contributed by atoms with Gasteiger partial charge in [0, 0.05) is 18.0 Å². The van der Waals surface area contributed by atoms with Gasteiger partial charge in [0.05, 0.1) is 0 Å². The largest absolute Gasteiger partial charge is 0.409 e. The van der Waals surface area contributed by atoms with Gasteiger partial charge in [0.25, 0.3) is 0 Å². The zero-order valence-corrected chi connectivity index (χ0v) is 9.25. The molecule has 1 saturated carbocycles. The molecule has 0 spiro atoms. The van der Waals surface area contributed by atoms with Crippen LogP contribution in [0.2, 0.25) is 0 Å². The van der Waals surface area contributed by atoms with Gasteiger partial charge in [-0.05, 0) is 39.5 Å². The molecule has 0 aromatic rings. The van der Waals surface area contributed by atoms with E-state index in [2.05, 4.69) is 31.2 Å². The molecule has 1 unspecified atom stereocenters. The molecular formula is C10H21N3O. The molecule has 82 valence electrons. The van der Waals surface area contributed by atoms with Gasteiger partial charge in [-0.2, -0.15) is 0 Å². The summed E-state index contributed by atoms with van der Waals surface area (Å²) in [6.45, 7) is 6.49. The van der Waals surface area contributed by atoms with E-state index in [1.54, 1.807) is 0 Å². The van der Waals surface area contributed by atoms with E-state index < -0.39 is 0 Å². The summed E-state index contributed by atoms with van der Waals surface area (Å²) in [5.41, 5.74) is 5.62. The van der Waals surface area contributed by atoms with Crippen molar-refractivity contribution in [1.82, 2.24) is 5.32 Å². The van der Waals surface area contributed by atoms with Crippen LogP contribution in [0, 0.1) is 5.92 Å². The Kier molecular flexibility index (Phi) is 3.37. The molecule has 1 aliphatic rings. The monoisotopic (exact) mass is 199 g/mol. The molecule has 0 amide bonds. The van der Waals surface area contributed by atoms with Crippen molar-refractivity contribution >= 4 is 5.84 Å². The first-order valence-corrected chi connectivity index (χ1v) is 5.20. The predicted molar refractivity (Wildman–Crippen MR) is 57.4 cm³/mol. The molecule has 0 bridgehead atoms. The number of rotatable bonds is 5. The van der Waals surface area contributed by atoms with Gasteiger partial charge in [-0.1, -0.05) is 5.16 Å². The van der Waals surface area contributed by atoms with Crippen molar-refractivity contribution in [3.05, 3.63) is 0 Å². The van der Waals surface area contributed by atoms with Crippen LogP contribution in [0.4, 0.5) is 0 Å². The molecule has 4 nitrogen and oxygen atoms in total. The minimum absolute atomic E-state index is 0.176. The standard InChI is InChI=1S/C10H21N3O/c1-7(6-9(11)13-14)12-10(2,3)8-4-5-8/h7-8,12,14H,4-6H2,1-3H3,(H2,11,13). The number of nitrogens with two attached hydrogens (primary N) is 1. The molecule has 4 heteroatoms. The Labute approximate surface area is 85.6 Å². The number of hydrogen-bond acceptors (Lipinski definition) is 3. The smallest absolute Gasteiger partial charge is 0.140 e. The highest BCUT2D eigenvalue weighted by atomic mass is 16.4. The van der Waals surface area contributed by atoms with Crippen LogP contribution in [0.3, 0.4) is 0 Å². The highest BCUT2D eigenvalue weighted by Crippen LogP contribution is 2.39. The van der Waals surface area contributed by atoms with E-state index in [9.17, 15) is 0 Å². The second-order valence-electron chi connectivity index (χ2n) is 4.84. The summed E-state index contributed by atoms with van der Waals surface area (Å²) in [7, 11) is 0. The minimum Gasteiger partial charge on any atom is -0.409 e. The number of hydrogen-bond donors (Lipinski definition) is 3. The molecular weight excluding hydrogens is 178 g/mol. The summed E-state index contributed by atoms with van der Waals surface area (Å²) in [4.78, 5) is 0. The number of nitrogens with zero attached hydrogens (tertiary/aromatic N) is 1. The lowest BCUT2D eigenvalue weighted by atomic mass is 9.97. The van der Waals surface area contributed by atoms with Gasteiger partial charge in [0.1, 0.15) is 5.84 Å². The Morgan fingerprint density at radius 1 is 1.64 bits per heavy atom. The van der Waals surface area contributed by atoms with E-state index in [0.29, 0.717) is 6.42 Å². The Hall–Kier alpha value is -0.770. The van der Waals surface area contributed by atoms with Crippen LogP contribution in [-0.2, 0) is 0 Å². The van der Waals surface area contributed by atoms with Crippen LogP contribution in [0.25, 0.3) is 0 Å². The summed E-state index contributed by atoms with van der Waals surface area (Å²) in [6, 6.07) is 0.251. The van der Waals surface area contributed by atoms with Crippen LogP contribution in [0.1, 0.15) is 40.0 Å². The predicted octanol–water partition coefficient (Wildman–Crippen LogP) is 1.29. The average molecular weight is 199 g/mol. The quantitative estimate of drug-likeness (QED) is 0.270. The summed E-state index contributed by atoms with van der Waals surface area (Å²) in [5, 5.41) is 14.9. The molecule has 1 fully saturated rings. The molecule has 1 atom stereocenters. The number of amidine groups is 1. The van der Waals surface area contributed by atoms with Crippen LogP contribution >= 0.6 is 0 Å². The first-order chi connectivity index (χ1) is 6.45. The van der Waals surface area contributed by atoms with E-state index in [1.807, 2.05) is 0 Å². The van der Waals surface area contributed by atoms with Gasteiger partial charge < -0.3 is 16.3 Å². The van der Waals surface area contributed by atoms with Crippen molar-refractivity contribution in [1.29, 1.82) is 0 Å². The average Bonchev–Trinajstić information content (AvgIpc) is 2.84. The van der Waals surface area contributed by atoms with Crippen molar-refractivity contribution in [3.63, 3.8) is 0 Å². The summed E-state index contributed by atoms with van der Waals surface area (Å²) in [5.74, 6) is 1.08. The lowest BCUT2D eigenvalue weighted by Gasteiger charge is -2.30. The lowest BCUT2D eigenvalue weighted by Crippen LogP contribution is -2.47. The first kappa shape index (κ1) is 11.3. The maximum absolute atomic E-state index is 8.44. The molecule has 4 N–H and O–H groups in total. The summed E-state index contributed by atoms with van der Waals surface area (Å²) in [6.07, 6.45) is 3.22. The van der Waals surface area contributed by atoms with Gasteiger partial charge in [-0.15, -0.1) is 0 Å². The van der Waals surface area contributed by atoms with E-state index in [1.165, 1.54) is 12.8 Å². The fraction of sp³-hybridized carbons (Fsp3) is 0.900. The van der Waals surface area contributed by atoms with Crippen molar-refractivity contribution in [3.8, 4) is 0 Å². The van der Waals surface area contributed by atoms with Gasteiger partial charge >= 0.3 is 0 Å². The van der Waals surface area contributed by atoms with E-state index in [0.717, 1.165) is 5.92 Å². The number of oxime groups is 1. The van der Waals surface area contributed by atoms with Gasteiger partial charge in [-0.25, -0.2) is 0 Å². The normalized spacial score (nSPS) is 20.9. The van der Waals surface area contributed by atoms with E-state index in [4.69, 9.17) is 10.9 Å². The van der Waals surface area contributed by atoms with E-state index >= 15 is 0 Å². The molecule has 0 aliphatic heterocycles. The third-order valence-corrected chi connectivity index (χ3v) is 2.86. The summed E-state index contributed by atoms with van der Waals surface area (Å²) < 4.78 is 0. The Balaban J connectivity index is 2.35. The van der Waals surface area contributed by atoms with Gasteiger partial charge in [0.2, 0.25) is 0 Å². The molecule has 0 aromatic heterocycles. The fourth-order valence-corrected chi connectivity index (χ4v) is 1.96. The molecule has 0 heterocycles. The third kappa shape index (κ3) is 3.18. The summed E-state index contributed by atoms with van der Waals surface area (Å²) >= 11 is 0. The second kappa shape index (κ2) is 4.17. The van der Waals surface area contributed by atoms with Crippen LogP contribution < -0.4 is 11.1 Å². The van der Waals surface area contributed by atoms with Crippen LogP contribution in [0.5, 0.6) is 0 Å². The van der Waals surface area contributed by atoms with Crippen molar-refractivity contribution in [2.75, 3.05) is 0 Å². The minimum atomic E-state index is 0.176. The topological polar surface area (TPSA) is 70.6 Å². The second-order valence-corrected chi connectivity index (χ2v) is 4.84. The molecule has 0 radical (unpaired) electrons. The van der Waals surface area contributed by atoms with E-state index in [-0.39, 0.29) is 17.4 Å². The van der Waals surface area contributed by atoms with Crippen molar-refractivity contribution < 1.29 is 5.21 Å². The zero-order valence-electron chi connectivity index (χ0n) is 9.25. The zero-order chi connectivity index (χ0) is 10.8. The van der Waals surface area contributed by atoms with Crippen LogP contribution in [-0.4, -0.2) is 22.6 Å². The Morgan fingerprint density at radius 2 is 2.21 bits per heavy atom. The highest BCUT2D eigenvalue weighted by molar-refractivity contribution is 5.80. The third-order valence-electron chi connectivity index (χ3n) is 2.86. The fourth-order valence-electron chi connectivity index (χ4n) is 1.96. The SMILES string of the molecule is CC(CC(N)=NO)NC(C)(C)C1CC1. The van der Waals surface area contributed by atoms with Crippen molar-refractivity contribution in [2.45, 2.75) is 51.6 Å². The maximum Gasteiger partial charge on any atom is 0.140 e. The maximum atomic E-state index is 8.44. The molecule has 0 saturated heterocycles. The molecule has 14 heavy (non-hydrogen) atoms. The highest BCUT2D eigenvalue weighted by Gasteiger charge is 2.38. The molecule has 0 aromatic carbocycles. The Morgan fingerprint density at radius 3 is 2.64 bits per heavy atom. The van der Waals surface area contributed by atoms with Crippen LogP contribution in [0.15, 0.2) is 5.16 Å².